The number of ether oxygens (including phenoxy) is 2. The van der Waals surface area contributed by atoms with Gasteiger partial charge < -0.3 is 9.47 Å². The number of alkyl halides is 3. The molecule has 5 heteroatoms. The summed E-state index contributed by atoms with van der Waals surface area (Å²) in [6, 6.07) is 0. The van der Waals surface area contributed by atoms with Crippen LogP contribution in [0.25, 0.3) is 0 Å². The first-order chi connectivity index (χ1) is 5.07. The van der Waals surface area contributed by atoms with Crippen molar-refractivity contribution in [2.75, 3.05) is 0 Å². The van der Waals surface area contributed by atoms with Gasteiger partial charge in [-0.05, 0) is 6.92 Å². The van der Waals surface area contributed by atoms with Gasteiger partial charge in [-0.2, -0.15) is 0 Å². The van der Waals surface area contributed by atoms with Gasteiger partial charge >= 0.3 is 0 Å². The molecule has 0 spiro atoms. The summed E-state index contributed by atoms with van der Waals surface area (Å²) in [5.41, 5.74) is 0. The fourth-order valence-corrected chi connectivity index (χ4v) is 0.410. The molecule has 0 fully saturated rings. The van der Waals surface area contributed by atoms with Crippen LogP contribution < -0.4 is 0 Å². The van der Waals surface area contributed by atoms with E-state index >= 15 is 0 Å². The quantitative estimate of drug-likeness (QED) is 0.464. The van der Waals surface area contributed by atoms with Crippen LogP contribution in [0, 0.1) is 0 Å². The van der Waals surface area contributed by atoms with Gasteiger partial charge in [0.1, 0.15) is 0 Å². The molecule has 0 aliphatic rings. The molecule has 0 amide bonds. The van der Waals surface area contributed by atoms with E-state index in [0.29, 0.717) is 0 Å². The Kier molecular flexibility index (Phi) is 4.69. The van der Waals surface area contributed by atoms with Crippen molar-refractivity contribution in [3.8, 4) is 0 Å². The van der Waals surface area contributed by atoms with Gasteiger partial charge in [-0.25, -0.2) is 13.2 Å². The maximum absolute atomic E-state index is 12.0. The van der Waals surface area contributed by atoms with Crippen LogP contribution in [-0.2, 0) is 9.47 Å². The van der Waals surface area contributed by atoms with Gasteiger partial charge in [0.2, 0.25) is 0 Å². The standard InChI is InChI=1S/C6H9F3O2/c1-3-10-4(2)11-6(9)5(7)8/h3-6H,1H2,2H3. The Labute approximate surface area is 62.6 Å². The molecular weight excluding hydrogens is 161 g/mol. The fraction of sp³-hybridized carbons (Fsp3) is 0.667. The maximum atomic E-state index is 12.0. The first-order valence-electron chi connectivity index (χ1n) is 2.92. The predicted molar refractivity (Wildman–Crippen MR) is 32.7 cm³/mol. The van der Waals surface area contributed by atoms with Gasteiger partial charge in [-0.15, -0.1) is 0 Å². The highest BCUT2D eigenvalue weighted by Crippen LogP contribution is 2.09. The average Bonchev–Trinajstić information content (AvgIpc) is 1.87. The zero-order valence-electron chi connectivity index (χ0n) is 5.97. The average molecular weight is 170 g/mol. The highest BCUT2D eigenvalue weighted by Gasteiger charge is 2.22. The molecule has 0 radical (unpaired) electrons. The Hall–Kier alpha value is -0.710. The second-order valence-electron chi connectivity index (χ2n) is 1.69. The topological polar surface area (TPSA) is 18.5 Å². The number of hydrogen-bond donors (Lipinski definition) is 0. The van der Waals surface area contributed by atoms with Crippen LogP contribution in [0.4, 0.5) is 13.2 Å². The lowest BCUT2D eigenvalue weighted by Gasteiger charge is -2.14. The Morgan fingerprint density at radius 3 is 2.27 bits per heavy atom. The molecule has 0 aliphatic carbocycles. The Balaban J connectivity index is 3.56. The molecule has 2 atom stereocenters. The molecule has 0 rings (SSSR count). The summed E-state index contributed by atoms with van der Waals surface area (Å²) >= 11 is 0. The minimum atomic E-state index is -3.15. The highest BCUT2D eigenvalue weighted by molar-refractivity contribution is 4.51. The Bertz CT molecular complexity index is 118. The minimum Gasteiger partial charge on any atom is -0.473 e. The monoisotopic (exact) mass is 170 g/mol. The van der Waals surface area contributed by atoms with E-state index in [1.807, 2.05) is 0 Å². The van der Waals surface area contributed by atoms with Crippen LogP contribution in [0.1, 0.15) is 6.92 Å². The Morgan fingerprint density at radius 2 is 1.91 bits per heavy atom. The van der Waals surface area contributed by atoms with Crippen molar-refractivity contribution in [2.45, 2.75) is 26.0 Å². The second-order valence-corrected chi connectivity index (χ2v) is 1.69. The SMILES string of the molecule is C=COC(C)OC(F)C(F)F. The molecule has 2 nitrogen and oxygen atoms in total. The van der Waals surface area contributed by atoms with E-state index < -0.39 is 19.1 Å². The van der Waals surface area contributed by atoms with Crippen LogP contribution in [0.2, 0.25) is 0 Å². The van der Waals surface area contributed by atoms with Crippen molar-refractivity contribution in [3.63, 3.8) is 0 Å². The van der Waals surface area contributed by atoms with Crippen molar-refractivity contribution in [1.29, 1.82) is 0 Å². The summed E-state index contributed by atoms with van der Waals surface area (Å²) in [7, 11) is 0. The smallest absolute Gasteiger partial charge is 0.293 e. The van der Waals surface area contributed by atoms with Gasteiger partial charge in [0, 0.05) is 0 Å². The molecule has 0 N–H and O–H groups in total. The number of hydrogen-bond acceptors (Lipinski definition) is 2. The summed E-state index contributed by atoms with van der Waals surface area (Å²) in [4.78, 5) is 0. The van der Waals surface area contributed by atoms with Crippen LogP contribution in [0.15, 0.2) is 12.8 Å². The summed E-state index contributed by atoms with van der Waals surface area (Å²) in [6.45, 7) is 4.43. The molecule has 0 aromatic heterocycles. The van der Waals surface area contributed by atoms with E-state index in [9.17, 15) is 13.2 Å². The molecule has 0 saturated heterocycles. The van der Waals surface area contributed by atoms with Crippen molar-refractivity contribution >= 4 is 0 Å². The lowest BCUT2D eigenvalue weighted by molar-refractivity contribution is -0.212. The van der Waals surface area contributed by atoms with E-state index in [1.165, 1.54) is 6.92 Å². The van der Waals surface area contributed by atoms with Crippen molar-refractivity contribution < 1.29 is 22.6 Å². The van der Waals surface area contributed by atoms with E-state index in [2.05, 4.69) is 16.1 Å². The van der Waals surface area contributed by atoms with Gasteiger partial charge in [0.25, 0.3) is 12.8 Å². The first kappa shape index (κ1) is 10.3. The highest BCUT2D eigenvalue weighted by atomic mass is 19.3. The van der Waals surface area contributed by atoms with Crippen molar-refractivity contribution in [2.24, 2.45) is 0 Å². The molecule has 0 heterocycles. The lowest BCUT2D eigenvalue weighted by Crippen LogP contribution is -2.23. The molecule has 0 bridgehead atoms. The van der Waals surface area contributed by atoms with Crippen LogP contribution in [0.3, 0.4) is 0 Å². The molecule has 11 heavy (non-hydrogen) atoms. The van der Waals surface area contributed by atoms with Crippen molar-refractivity contribution in [3.05, 3.63) is 12.8 Å². The zero-order chi connectivity index (χ0) is 8.85. The van der Waals surface area contributed by atoms with E-state index in [-0.39, 0.29) is 0 Å². The van der Waals surface area contributed by atoms with E-state index in [1.54, 1.807) is 0 Å². The third kappa shape index (κ3) is 4.66. The van der Waals surface area contributed by atoms with Crippen molar-refractivity contribution in [1.82, 2.24) is 0 Å². The molecule has 0 aromatic carbocycles. The third-order valence-corrected chi connectivity index (χ3v) is 0.808. The molecule has 0 saturated carbocycles. The van der Waals surface area contributed by atoms with E-state index in [4.69, 9.17) is 0 Å². The molecule has 2 unspecified atom stereocenters. The third-order valence-electron chi connectivity index (χ3n) is 0.808. The lowest BCUT2D eigenvalue weighted by atomic mass is 10.6. The number of halogens is 3. The van der Waals surface area contributed by atoms with Crippen LogP contribution in [-0.4, -0.2) is 19.1 Å². The van der Waals surface area contributed by atoms with Gasteiger partial charge in [-0.1, -0.05) is 6.58 Å². The van der Waals surface area contributed by atoms with Gasteiger partial charge in [0.05, 0.1) is 6.26 Å². The largest absolute Gasteiger partial charge is 0.473 e. The number of rotatable bonds is 5. The minimum absolute atomic E-state index is 0.989. The molecule has 66 valence electrons. The van der Waals surface area contributed by atoms with Crippen LogP contribution >= 0.6 is 0 Å². The fourth-order valence-electron chi connectivity index (χ4n) is 0.410. The summed E-state index contributed by atoms with van der Waals surface area (Å²) in [5, 5.41) is 0. The maximum Gasteiger partial charge on any atom is 0.293 e. The van der Waals surface area contributed by atoms with E-state index in [0.717, 1.165) is 6.26 Å². The zero-order valence-corrected chi connectivity index (χ0v) is 5.97. The predicted octanol–water partition coefficient (Wildman–Crippen LogP) is 2.07. The molecule has 0 aliphatic heterocycles. The summed E-state index contributed by atoms with van der Waals surface area (Å²) in [5.74, 6) is 0. The first-order valence-corrected chi connectivity index (χ1v) is 2.92. The Morgan fingerprint density at radius 1 is 1.36 bits per heavy atom. The molecule has 0 aromatic rings. The van der Waals surface area contributed by atoms with Crippen LogP contribution in [0.5, 0.6) is 0 Å². The van der Waals surface area contributed by atoms with Gasteiger partial charge in [0.15, 0.2) is 6.29 Å². The normalized spacial score (nSPS) is 16.1. The molecular formula is C6H9F3O2. The van der Waals surface area contributed by atoms with Gasteiger partial charge in [-0.3, -0.25) is 0 Å². The summed E-state index contributed by atoms with van der Waals surface area (Å²) < 4.78 is 43.4. The summed E-state index contributed by atoms with van der Waals surface area (Å²) in [6.07, 6.45) is -5.81. The second kappa shape index (κ2) is 5.01.